The van der Waals surface area contributed by atoms with Crippen molar-refractivity contribution in [2.45, 2.75) is 26.8 Å². The lowest BCUT2D eigenvalue weighted by Gasteiger charge is -2.14. The molecule has 0 atom stereocenters. The molecule has 2 N–H and O–H groups in total. The van der Waals surface area contributed by atoms with Gasteiger partial charge in [0.25, 0.3) is 5.56 Å². The van der Waals surface area contributed by atoms with Crippen LogP contribution in [0.25, 0.3) is 22.3 Å². The van der Waals surface area contributed by atoms with Crippen LogP contribution in [-0.4, -0.2) is 72.7 Å². The number of nitrogens with zero attached hydrogens (tertiary/aromatic N) is 4. The molecule has 0 bridgehead atoms. The summed E-state index contributed by atoms with van der Waals surface area (Å²) in [6.45, 7) is 8.86. The molecular formula is C24H34N6O4. The number of hydrogen-bond acceptors (Lipinski definition) is 9. The lowest BCUT2D eigenvalue weighted by molar-refractivity contribution is 0.127. The summed E-state index contributed by atoms with van der Waals surface area (Å²) in [5, 5.41) is 6.41. The Morgan fingerprint density at radius 2 is 1.82 bits per heavy atom. The van der Waals surface area contributed by atoms with Gasteiger partial charge in [-0.3, -0.25) is 9.36 Å². The zero-order chi connectivity index (χ0) is 24.2. The summed E-state index contributed by atoms with van der Waals surface area (Å²) >= 11 is 0. The lowest BCUT2D eigenvalue weighted by Crippen LogP contribution is -2.31. The highest BCUT2D eigenvalue weighted by atomic mass is 16.5. The smallest absolute Gasteiger partial charge is 0.293 e. The molecule has 0 saturated heterocycles. The second kappa shape index (κ2) is 13.6. The Balaban J connectivity index is 1.84. The van der Waals surface area contributed by atoms with Crippen LogP contribution in [0.1, 0.15) is 20.3 Å². The number of ether oxygens (including phenoxy) is 3. The van der Waals surface area contributed by atoms with Crippen LogP contribution in [0.3, 0.4) is 0 Å². The van der Waals surface area contributed by atoms with Crippen molar-refractivity contribution in [2.24, 2.45) is 0 Å². The molecule has 10 nitrogen and oxygen atoms in total. The average Bonchev–Trinajstić information content (AvgIpc) is 2.87. The van der Waals surface area contributed by atoms with Gasteiger partial charge in [0.05, 0.1) is 25.8 Å². The lowest BCUT2D eigenvalue weighted by atomic mass is 10.1. The van der Waals surface area contributed by atoms with Gasteiger partial charge in [0.15, 0.2) is 11.5 Å². The van der Waals surface area contributed by atoms with E-state index in [1.807, 2.05) is 19.1 Å². The fourth-order valence-corrected chi connectivity index (χ4v) is 3.37. The summed E-state index contributed by atoms with van der Waals surface area (Å²) in [5.74, 6) is 0.813. The predicted octanol–water partition coefficient (Wildman–Crippen LogP) is 2.33. The summed E-state index contributed by atoms with van der Waals surface area (Å²) in [6.07, 6.45) is 4.38. The quantitative estimate of drug-likeness (QED) is 0.323. The van der Waals surface area contributed by atoms with Gasteiger partial charge in [-0.05, 0) is 25.5 Å². The van der Waals surface area contributed by atoms with E-state index in [0.29, 0.717) is 63.1 Å². The first kappa shape index (κ1) is 25.5. The number of aromatic nitrogens is 4. The first-order chi connectivity index (χ1) is 16.7. The number of methoxy groups -OCH3 is 1. The number of nitrogens with one attached hydrogen (secondary N) is 2. The molecule has 3 aromatic heterocycles. The maximum atomic E-state index is 13.3. The van der Waals surface area contributed by atoms with E-state index in [9.17, 15) is 4.79 Å². The van der Waals surface area contributed by atoms with Crippen molar-refractivity contribution in [2.75, 3.05) is 58.5 Å². The van der Waals surface area contributed by atoms with Crippen LogP contribution in [-0.2, 0) is 16.0 Å². The Labute approximate surface area is 199 Å². The molecule has 3 aromatic rings. The second-order valence-electron chi connectivity index (χ2n) is 7.56. The van der Waals surface area contributed by atoms with Crippen LogP contribution in [0.2, 0.25) is 0 Å². The van der Waals surface area contributed by atoms with E-state index in [-0.39, 0.29) is 11.4 Å². The number of pyridine rings is 2. The van der Waals surface area contributed by atoms with Crippen molar-refractivity contribution in [1.82, 2.24) is 24.8 Å². The summed E-state index contributed by atoms with van der Waals surface area (Å²) in [5.41, 5.74) is 2.66. The summed E-state index contributed by atoms with van der Waals surface area (Å²) in [7, 11) is 1.58. The first-order valence-electron chi connectivity index (χ1n) is 11.7. The number of anilines is 1. The van der Waals surface area contributed by atoms with Gasteiger partial charge in [-0.1, -0.05) is 6.92 Å². The Kier molecular flexibility index (Phi) is 10.2. The molecule has 0 saturated carbocycles. The predicted molar refractivity (Wildman–Crippen MR) is 133 cm³/mol. The summed E-state index contributed by atoms with van der Waals surface area (Å²) in [4.78, 5) is 26.6. The molecule has 34 heavy (non-hydrogen) atoms. The molecule has 0 radical (unpaired) electrons. The highest BCUT2D eigenvalue weighted by Gasteiger charge is 2.13. The molecule has 3 rings (SSSR count). The maximum absolute atomic E-state index is 13.3. The van der Waals surface area contributed by atoms with Gasteiger partial charge in [-0.15, -0.1) is 0 Å². The van der Waals surface area contributed by atoms with Gasteiger partial charge < -0.3 is 24.8 Å². The number of fused-ring (bicyclic) bond motifs is 1. The second-order valence-corrected chi connectivity index (χ2v) is 7.56. The molecule has 0 aliphatic heterocycles. The molecule has 0 fully saturated rings. The van der Waals surface area contributed by atoms with E-state index < -0.39 is 0 Å². The Hall–Kier alpha value is -3.08. The minimum absolute atomic E-state index is 0.200. The number of rotatable bonds is 15. The van der Waals surface area contributed by atoms with E-state index in [1.54, 1.807) is 30.1 Å². The molecule has 3 heterocycles. The van der Waals surface area contributed by atoms with E-state index >= 15 is 0 Å². The molecule has 0 spiro atoms. The maximum Gasteiger partial charge on any atom is 0.293 e. The highest BCUT2D eigenvalue weighted by Crippen LogP contribution is 2.23. The van der Waals surface area contributed by atoms with E-state index in [4.69, 9.17) is 14.2 Å². The Morgan fingerprint density at radius 3 is 2.56 bits per heavy atom. The molecule has 0 aliphatic carbocycles. The summed E-state index contributed by atoms with van der Waals surface area (Å²) < 4.78 is 17.8. The zero-order valence-corrected chi connectivity index (χ0v) is 20.2. The van der Waals surface area contributed by atoms with E-state index in [0.717, 1.165) is 24.1 Å². The molecule has 184 valence electrons. The Morgan fingerprint density at radius 1 is 0.971 bits per heavy atom. The van der Waals surface area contributed by atoms with Crippen molar-refractivity contribution < 1.29 is 14.2 Å². The van der Waals surface area contributed by atoms with Crippen LogP contribution in [0, 0.1) is 0 Å². The standard InChI is InChI=1S/C24H34N6O4/c1-4-12-34-14-11-30-20-15-19(18-6-7-21(32-3)27-16-18)17-28-22(20)29-23(24(30)31)26-9-8-25-10-13-33-5-2/h6-7,15-17,25H,4-5,8-14H2,1-3H3,(H,26,28,29). The summed E-state index contributed by atoms with van der Waals surface area (Å²) in [6, 6.07) is 5.61. The normalized spacial score (nSPS) is 11.1. The highest BCUT2D eigenvalue weighted by molar-refractivity contribution is 5.78. The molecule has 10 heteroatoms. The molecular weight excluding hydrogens is 436 g/mol. The molecule has 0 aromatic carbocycles. The molecule has 0 unspecified atom stereocenters. The first-order valence-corrected chi connectivity index (χ1v) is 11.7. The topological polar surface area (TPSA) is 112 Å². The van der Waals surface area contributed by atoms with Crippen LogP contribution in [0.4, 0.5) is 5.82 Å². The molecule has 0 aliphatic rings. The third kappa shape index (κ3) is 6.96. The minimum Gasteiger partial charge on any atom is -0.481 e. The van der Waals surface area contributed by atoms with Crippen LogP contribution in [0.15, 0.2) is 35.4 Å². The van der Waals surface area contributed by atoms with Gasteiger partial charge in [0.2, 0.25) is 5.88 Å². The van der Waals surface area contributed by atoms with Crippen molar-refractivity contribution in [3.8, 4) is 17.0 Å². The third-order valence-corrected chi connectivity index (χ3v) is 5.11. The number of hydrogen-bond donors (Lipinski definition) is 2. The zero-order valence-electron chi connectivity index (χ0n) is 20.2. The van der Waals surface area contributed by atoms with E-state index in [2.05, 4.69) is 32.5 Å². The van der Waals surface area contributed by atoms with Gasteiger partial charge in [-0.2, -0.15) is 0 Å². The molecule has 0 amide bonds. The SMILES string of the molecule is CCCOCCn1c(=O)c(NCCNCCOCC)nc2ncc(-c3ccc(OC)nc3)cc21. The van der Waals surface area contributed by atoms with Gasteiger partial charge in [-0.25, -0.2) is 15.0 Å². The van der Waals surface area contributed by atoms with Crippen molar-refractivity contribution in [3.63, 3.8) is 0 Å². The van der Waals surface area contributed by atoms with Crippen LogP contribution < -0.4 is 20.9 Å². The van der Waals surface area contributed by atoms with Crippen molar-refractivity contribution >= 4 is 17.0 Å². The monoisotopic (exact) mass is 470 g/mol. The fraction of sp³-hybridized carbons (Fsp3) is 0.500. The van der Waals surface area contributed by atoms with E-state index in [1.165, 1.54) is 0 Å². The van der Waals surface area contributed by atoms with Crippen molar-refractivity contribution in [3.05, 3.63) is 40.9 Å². The van der Waals surface area contributed by atoms with Gasteiger partial charge in [0.1, 0.15) is 0 Å². The van der Waals surface area contributed by atoms with Crippen LogP contribution >= 0.6 is 0 Å². The Bertz CT molecular complexity index is 1090. The van der Waals surface area contributed by atoms with Gasteiger partial charge in [0, 0.05) is 69.0 Å². The average molecular weight is 471 g/mol. The fourth-order valence-electron chi connectivity index (χ4n) is 3.37. The van der Waals surface area contributed by atoms with Crippen LogP contribution in [0.5, 0.6) is 5.88 Å². The van der Waals surface area contributed by atoms with Gasteiger partial charge >= 0.3 is 0 Å². The van der Waals surface area contributed by atoms with Crippen molar-refractivity contribution in [1.29, 1.82) is 0 Å². The third-order valence-electron chi connectivity index (χ3n) is 5.11. The minimum atomic E-state index is -0.200. The largest absolute Gasteiger partial charge is 0.481 e.